The van der Waals surface area contributed by atoms with Gasteiger partial charge in [-0.1, -0.05) is 31.9 Å². The zero-order valence-corrected chi connectivity index (χ0v) is 12.8. The number of ether oxygens (including phenoxy) is 1. The standard InChI is InChI=1S/C16H26N2O2/c1-4-5-6-11-20-15-9-7-14(8-10-15)12-17-13-16(19)18(2)3/h7-10,17H,4-6,11-13H2,1-3H3. The molecule has 4 heteroatoms. The van der Waals surface area contributed by atoms with E-state index < -0.39 is 0 Å². The SMILES string of the molecule is CCCCCOc1ccc(CNCC(=O)N(C)C)cc1. The molecule has 0 fully saturated rings. The largest absolute Gasteiger partial charge is 0.494 e. The molecule has 0 aliphatic rings. The highest BCUT2D eigenvalue weighted by Crippen LogP contribution is 2.12. The molecule has 0 atom stereocenters. The highest BCUT2D eigenvalue weighted by molar-refractivity contribution is 5.77. The van der Waals surface area contributed by atoms with Gasteiger partial charge >= 0.3 is 0 Å². The van der Waals surface area contributed by atoms with E-state index >= 15 is 0 Å². The van der Waals surface area contributed by atoms with Crippen LogP contribution in [0.15, 0.2) is 24.3 Å². The first-order valence-corrected chi connectivity index (χ1v) is 7.26. The quantitative estimate of drug-likeness (QED) is 0.705. The number of nitrogens with one attached hydrogen (secondary N) is 1. The molecule has 0 bridgehead atoms. The molecule has 0 aliphatic heterocycles. The predicted molar refractivity (Wildman–Crippen MR) is 81.9 cm³/mol. The lowest BCUT2D eigenvalue weighted by Gasteiger charge is -2.11. The number of rotatable bonds is 9. The Balaban J connectivity index is 2.26. The first-order valence-electron chi connectivity index (χ1n) is 7.26. The van der Waals surface area contributed by atoms with Crippen molar-refractivity contribution in [3.8, 4) is 5.75 Å². The van der Waals surface area contributed by atoms with Crippen molar-refractivity contribution in [2.24, 2.45) is 0 Å². The van der Waals surface area contributed by atoms with Gasteiger partial charge in [-0.25, -0.2) is 0 Å². The summed E-state index contributed by atoms with van der Waals surface area (Å²) in [7, 11) is 3.52. The Kier molecular flexibility index (Phi) is 7.73. The van der Waals surface area contributed by atoms with Crippen LogP contribution in [0.3, 0.4) is 0 Å². The van der Waals surface area contributed by atoms with Crippen molar-refractivity contribution in [1.82, 2.24) is 10.2 Å². The molecule has 1 N–H and O–H groups in total. The molecule has 1 rings (SSSR count). The summed E-state index contributed by atoms with van der Waals surface area (Å²) < 4.78 is 5.66. The van der Waals surface area contributed by atoms with Crippen molar-refractivity contribution in [1.29, 1.82) is 0 Å². The smallest absolute Gasteiger partial charge is 0.236 e. The molecule has 0 aliphatic carbocycles. The Morgan fingerprint density at radius 2 is 1.90 bits per heavy atom. The van der Waals surface area contributed by atoms with Crippen molar-refractivity contribution in [2.45, 2.75) is 32.7 Å². The summed E-state index contributed by atoms with van der Waals surface area (Å²) in [6, 6.07) is 8.03. The monoisotopic (exact) mass is 278 g/mol. The molecule has 0 saturated heterocycles. The summed E-state index contributed by atoms with van der Waals surface area (Å²) >= 11 is 0. The molecule has 0 unspecified atom stereocenters. The average molecular weight is 278 g/mol. The number of carbonyl (C=O) groups excluding carboxylic acids is 1. The van der Waals surface area contributed by atoms with Gasteiger partial charge in [0, 0.05) is 20.6 Å². The van der Waals surface area contributed by atoms with Crippen LogP contribution >= 0.6 is 0 Å². The Hall–Kier alpha value is -1.55. The average Bonchev–Trinajstić information content (AvgIpc) is 2.45. The van der Waals surface area contributed by atoms with E-state index in [4.69, 9.17) is 4.74 Å². The van der Waals surface area contributed by atoms with Crippen LogP contribution in [0.25, 0.3) is 0 Å². The van der Waals surface area contributed by atoms with Gasteiger partial charge in [0.1, 0.15) is 5.75 Å². The van der Waals surface area contributed by atoms with Crippen LogP contribution in [0.1, 0.15) is 31.7 Å². The number of hydrogen-bond acceptors (Lipinski definition) is 3. The number of amides is 1. The molecular formula is C16H26N2O2. The number of unbranched alkanes of at least 4 members (excludes halogenated alkanes) is 2. The third kappa shape index (κ3) is 6.57. The highest BCUT2D eigenvalue weighted by Gasteiger charge is 2.02. The van der Waals surface area contributed by atoms with Gasteiger partial charge in [0.2, 0.25) is 5.91 Å². The fraction of sp³-hybridized carbons (Fsp3) is 0.562. The number of likely N-dealkylation sites (N-methyl/N-ethyl adjacent to an activating group) is 1. The maximum absolute atomic E-state index is 11.4. The van der Waals surface area contributed by atoms with E-state index in [-0.39, 0.29) is 5.91 Å². The Labute approximate surface area is 122 Å². The van der Waals surface area contributed by atoms with Crippen LogP contribution in [0.5, 0.6) is 5.75 Å². The minimum absolute atomic E-state index is 0.0841. The van der Waals surface area contributed by atoms with Crippen LogP contribution in [-0.4, -0.2) is 38.1 Å². The summed E-state index contributed by atoms with van der Waals surface area (Å²) in [5.74, 6) is 0.995. The van der Waals surface area contributed by atoms with E-state index in [0.717, 1.165) is 24.3 Å². The zero-order valence-electron chi connectivity index (χ0n) is 12.8. The van der Waals surface area contributed by atoms with Crippen LogP contribution < -0.4 is 10.1 Å². The van der Waals surface area contributed by atoms with Crippen LogP contribution in [0.2, 0.25) is 0 Å². The minimum atomic E-state index is 0.0841. The first-order chi connectivity index (χ1) is 9.63. The first kappa shape index (κ1) is 16.5. The Morgan fingerprint density at radius 3 is 2.50 bits per heavy atom. The number of carbonyl (C=O) groups is 1. The number of benzene rings is 1. The van der Waals surface area contributed by atoms with Crippen molar-refractivity contribution < 1.29 is 9.53 Å². The lowest BCUT2D eigenvalue weighted by molar-refractivity contribution is -0.127. The van der Waals surface area contributed by atoms with E-state index in [1.165, 1.54) is 12.8 Å². The van der Waals surface area contributed by atoms with Gasteiger partial charge in [-0.2, -0.15) is 0 Å². The predicted octanol–water partition coefficient (Wildman–Crippen LogP) is 2.43. The second kappa shape index (κ2) is 9.37. The summed E-state index contributed by atoms with van der Waals surface area (Å²) in [5.41, 5.74) is 1.15. The third-order valence-electron chi connectivity index (χ3n) is 3.04. The number of nitrogens with zero attached hydrogens (tertiary/aromatic N) is 1. The van der Waals surface area contributed by atoms with Crippen molar-refractivity contribution in [3.63, 3.8) is 0 Å². The maximum Gasteiger partial charge on any atom is 0.236 e. The van der Waals surface area contributed by atoms with Crippen molar-refractivity contribution >= 4 is 5.91 Å². The lowest BCUT2D eigenvalue weighted by Crippen LogP contribution is -2.32. The second-order valence-electron chi connectivity index (χ2n) is 5.09. The molecule has 4 nitrogen and oxygen atoms in total. The molecule has 1 aromatic rings. The van der Waals surface area contributed by atoms with E-state index in [2.05, 4.69) is 12.2 Å². The van der Waals surface area contributed by atoms with E-state index in [1.807, 2.05) is 24.3 Å². The van der Waals surface area contributed by atoms with Crippen LogP contribution in [-0.2, 0) is 11.3 Å². The summed E-state index contributed by atoms with van der Waals surface area (Å²) in [5, 5.41) is 3.13. The highest BCUT2D eigenvalue weighted by atomic mass is 16.5. The minimum Gasteiger partial charge on any atom is -0.494 e. The van der Waals surface area contributed by atoms with Crippen LogP contribution in [0.4, 0.5) is 0 Å². The Morgan fingerprint density at radius 1 is 1.20 bits per heavy atom. The molecule has 112 valence electrons. The van der Waals surface area contributed by atoms with Crippen molar-refractivity contribution in [2.75, 3.05) is 27.2 Å². The normalized spacial score (nSPS) is 10.3. The van der Waals surface area contributed by atoms with E-state index in [0.29, 0.717) is 13.1 Å². The topological polar surface area (TPSA) is 41.6 Å². The number of hydrogen-bond donors (Lipinski definition) is 1. The molecule has 0 aromatic heterocycles. The van der Waals surface area contributed by atoms with E-state index in [9.17, 15) is 4.79 Å². The van der Waals surface area contributed by atoms with Gasteiger partial charge < -0.3 is 15.0 Å². The fourth-order valence-electron chi connectivity index (χ4n) is 1.72. The lowest BCUT2D eigenvalue weighted by atomic mass is 10.2. The molecule has 0 spiro atoms. The van der Waals surface area contributed by atoms with Gasteiger partial charge in [0.05, 0.1) is 13.2 Å². The molecule has 0 saturated carbocycles. The molecule has 1 aromatic carbocycles. The summed E-state index contributed by atoms with van der Waals surface area (Å²) in [6.07, 6.45) is 3.52. The summed E-state index contributed by atoms with van der Waals surface area (Å²) in [4.78, 5) is 13.0. The molecule has 1 amide bonds. The van der Waals surface area contributed by atoms with Gasteiger partial charge in [-0.05, 0) is 24.1 Å². The second-order valence-corrected chi connectivity index (χ2v) is 5.09. The summed E-state index contributed by atoms with van der Waals surface area (Å²) in [6.45, 7) is 4.02. The van der Waals surface area contributed by atoms with Crippen molar-refractivity contribution in [3.05, 3.63) is 29.8 Å². The van der Waals surface area contributed by atoms with Crippen LogP contribution in [0, 0.1) is 0 Å². The van der Waals surface area contributed by atoms with Gasteiger partial charge in [0.15, 0.2) is 0 Å². The molecule has 0 heterocycles. The van der Waals surface area contributed by atoms with Gasteiger partial charge in [-0.15, -0.1) is 0 Å². The molecule has 0 radical (unpaired) electrons. The van der Waals surface area contributed by atoms with Gasteiger partial charge in [-0.3, -0.25) is 4.79 Å². The fourth-order valence-corrected chi connectivity index (χ4v) is 1.72. The molecule has 20 heavy (non-hydrogen) atoms. The molecular weight excluding hydrogens is 252 g/mol. The maximum atomic E-state index is 11.4. The Bertz CT molecular complexity index is 388. The zero-order chi connectivity index (χ0) is 14.8. The third-order valence-corrected chi connectivity index (χ3v) is 3.04. The van der Waals surface area contributed by atoms with Gasteiger partial charge in [0.25, 0.3) is 0 Å². The van der Waals surface area contributed by atoms with E-state index in [1.54, 1.807) is 19.0 Å².